The van der Waals surface area contributed by atoms with Crippen molar-refractivity contribution in [3.8, 4) is 11.5 Å². The molecule has 50 heavy (non-hydrogen) atoms. The largest absolute Gasteiger partial charge is 0.454 e. The number of hydrogen-bond acceptors (Lipinski definition) is 9. The Morgan fingerprint density at radius 2 is 1.68 bits per heavy atom. The molecule has 2 N–H and O–H groups in total. The molecule has 0 aromatic heterocycles. The number of sulfonamides is 1. The van der Waals surface area contributed by atoms with Crippen LogP contribution in [0.2, 0.25) is 0 Å². The molecule has 0 saturated carbocycles. The van der Waals surface area contributed by atoms with E-state index in [1.807, 2.05) is 58.0 Å². The Kier molecular flexibility index (Phi) is 11.3. The lowest BCUT2D eigenvalue weighted by Gasteiger charge is -2.31. The molecule has 0 spiro atoms. The van der Waals surface area contributed by atoms with Crippen molar-refractivity contribution in [2.45, 2.75) is 63.3 Å². The zero-order chi connectivity index (χ0) is 36.2. The number of rotatable bonds is 14. The van der Waals surface area contributed by atoms with E-state index < -0.39 is 40.3 Å². The first-order valence-corrected chi connectivity index (χ1v) is 18.0. The highest BCUT2D eigenvalue weighted by Crippen LogP contribution is 2.35. The number of amides is 3. The molecule has 0 aliphatic carbocycles. The smallest absolute Gasteiger partial charge is 0.415 e. The first kappa shape index (κ1) is 36.6. The highest BCUT2D eigenvalue weighted by molar-refractivity contribution is 7.89. The summed E-state index contributed by atoms with van der Waals surface area (Å²) < 4.78 is 45.2. The number of nitrogens with zero attached hydrogens (tertiary/aromatic N) is 3. The second kappa shape index (κ2) is 15.5. The number of carbonyl (C=O) groups excluding carboxylic acids is 3. The Morgan fingerprint density at radius 3 is 2.38 bits per heavy atom. The second-order valence-electron chi connectivity index (χ2n) is 13.1. The van der Waals surface area contributed by atoms with Gasteiger partial charge in [-0.3, -0.25) is 14.5 Å². The van der Waals surface area contributed by atoms with Crippen molar-refractivity contribution in [2.75, 3.05) is 38.4 Å². The fraction of sp³-hybridized carbons (Fsp3) is 0.417. The number of ether oxygens (including phenoxy) is 3. The molecule has 1 fully saturated rings. The van der Waals surface area contributed by atoms with E-state index in [4.69, 9.17) is 14.2 Å². The van der Waals surface area contributed by atoms with Gasteiger partial charge >= 0.3 is 6.09 Å². The van der Waals surface area contributed by atoms with Crippen LogP contribution in [0, 0.1) is 5.92 Å². The Hall–Kier alpha value is -4.66. The molecular formula is C36H44N4O9S. The minimum Gasteiger partial charge on any atom is -0.454 e. The Labute approximate surface area is 292 Å². The van der Waals surface area contributed by atoms with Gasteiger partial charge in [-0.2, -0.15) is 4.31 Å². The van der Waals surface area contributed by atoms with Crippen LogP contribution in [0.5, 0.6) is 11.5 Å². The molecule has 0 radical (unpaired) electrons. The summed E-state index contributed by atoms with van der Waals surface area (Å²) in [7, 11) is -2.41. The molecule has 2 aliphatic rings. The number of anilines is 1. The van der Waals surface area contributed by atoms with Crippen molar-refractivity contribution in [3.63, 3.8) is 0 Å². The van der Waals surface area contributed by atoms with Crippen LogP contribution in [0.4, 0.5) is 10.5 Å². The van der Waals surface area contributed by atoms with Gasteiger partial charge in [0.05, 0.1) is 23.6 Å². The van der Waals surface area contributed by atoms with Crippen molar-refractivity contribution >= 4 is 33.6 Å². The van der Waals surface area contributed by atoms with Crippen molar-refractivity contribution in [1.82, 2.24) is 14.5 Å². The Balaban J connectivity index is 1.34. The van der Waals surface area contributed by atoms with E-state index in [0.717, 1.165) is 5.56 Å². The summed E-state index contributed by atoms with van der Waals surface area (Å²) in [6.45, 7) is 7.16. The average molecular weight is 709 g/mol. The maximum absolute atomic E-state index is 13.9. The van der Waals surface area contributed by atoms with E-state index in [0.29, 0.717) is 22.7 Å². The maximum Gasteiger partial charge on any atom is 0.415 e. The van der Waals surface area contributed by atoms with E-state index in [1.54, 1.807) is 36.2 Å². The Morgan fingerprint density at radius 1 is 0.960 bits per heavy atom. The highest BCUT2D eigenvalue weighted by Gasteiger charge is 2.39. The first-order valence-electron chi connectivity index (χ1n) is 16.5. The van der Waals surface area contributed by atoms with Gasteiger partial charge in [0.25, 0.3) is 11.8 Å². The summed E-state index contributed by atoms with van der Waals surface area (Å²) in [5.41, 5.74) is 1.57. The predicted molar refractivity (Wildman–Crippen MR) is 186 cm³/mol. The lowest BCUT2D eigenvalue weighted by Crippen LogP contribution is -2.53. The molecule has 14 heteroatoms. The number of cyclic esters (lactones) is 1. The van der Waals surface area contributed by atoms with Crippen LogP contribution in [-0.2, 0) is 26.0 Å². The van der Waals surface area contributed by atoms with Crippen LogP contribution in [0.1, 0.15) is 43.6 Å². The average Bonchev–Trinajstić information content (AvgIpc) is 3.73. The van der Waals surface area contributed by atoms with Crippen LogP contribution in [0.3, 0.4) is 0 Å². The fourth-order valence-electron chi connectivity index (χ4n) is 5.68. The van der Waals surface area contributed by atoms with Crippen LogP contribution in [-0.4, -0.2) is 98.4 Å². The molecule has 3 atom stereocenters. The van der Waals surface area contributed by atoms with E-state index in [9.17, 15) is 27.9 Å². The maximum atomic E-state index is 13.9. The van der Waals surface area contributed by atoms with Gasteiger partial charge < -0.3 is 29.5 Å². The Bertz CT molecular complexity index is 1800. The third kappa shape index (κ3) is 8.37. The molecule has 2 aliphatic heterocycles. The quantitative estimate of drug-likeness (QED) is 0.255. The number of carbonyl (C=O) groups is 3. The van der Waals surface area contributed by atoms with Crippen molar-refractivity contribution in [1.29, 1.82) is 0 Å². The van der Waals surface area contributed by atoms with Gasteiger partial charge in [0.1, 0.15) is 0 Å². The van der Waals surface area contributed by atoms with Gasteiger partial charge in [0, 0.05) is 43.5 Å². The summed E-state index contributed by atoms with van der Waals surface area (Å²) in [6, 6.07) is 19.1. The minimum absolute atomic E-state index is 0.00978. The second-order valence-corrected chi connectivity index (χ2v) is 15.1. The van der Waals surface area contributed by atoms with Gasteiger partial charge in [-0.05, 0) is 62.1 Å². The molecule has 3 aromatic carbocycles. The number of nitrogens with one attached hydrogen (secondary N) is 1. The normalized spacial score (nSPS) is 16.9. The lowest BCUT2D eigenvalue weighted by atomic mass is 10.0. The monoisotopic (exact) mass is 708 g/mol. The molecule has 2 heterocycles. The first-order chi connectivity index (χ1) is 23.7. The minimum atomic E-state index is -4.11. The van der Waals surface area contributed by atoms with E-state index >= 15 is 0 Å². The van der Waals surface area contributed by atoms with Crippen LogP contribution >= 0.6 is 0 Å². The van der Waals surface area contributed by atoms with Crippen LogP contribution in [0.25, 0.3) is 0 Å². The van der Waals surface area contributed by atoms with Gasteiger partial charge in [0.15, 0.2) is 17.6 Å². The standard InChI is InChI=1S/C36H44N4O9S/c1-23(2)19-39(50(45,46)28-14-15-31-32(18-28)48-22-47-31)20-30(41)29(16-25-10-7-6-8-11-25)37-34(42)33-21-40(36(44)49-33)27-13-9-12-26(17-27)35(43)38(5)24(3)4/h6-15,17-18,23-24,29-30,33,41H,16,19-22H2,1-5H3,(H,37,42)/t29-,30+,33-/m0/s1. The number of aliphatic hydroxyl groups is 1. The molecule has 0 bridgehead atoms. The summed E-state index contributed by atoms with van der Waals surface area (Å²) in [5, 5.41) is 14.5. The third-order valence-corrected chi connectivity index (χ3v) is 10.5. The van der Waals surface area contributed by atoms with Crippen LogP contribution < -0.4 is 19.7 Å². The van der Waals surface area contributed by atoms with Gasteiger partial charge in [-0.25, -0.2) is 13.2 Å². The van der Waals surface area contributed by atoms with Gasteiger partial charge in [0.2, 0.25) is 16.8 Å². The summed E-state index contributed by atoms with van der Waals surface area (Å²) in [5.74, 6) is -0.199. The molecular weight excluding hydrogens is 664 g/mol. The molecule has 268 valence electrons. The number of benzene rings is 3. The summed E-state index contributed by atoms with van der Waals surface area (Å²) >= 11 is 0. The highest BCUT2D eigenvalue weighted by atomic mass is 32.2. The summed E-state index contributed by atoms with van der Waals surface area (Å²) in [6.07, 6.45) is -3.17. The lowest BCUT2D eigenvalue weighted by molar-refractivity contribution is -0.129. The van der Waals surface area contributed by atoms with Crippen molar-refractivity contribution < 1.29 is 42.1 Å². The number of aliphatic hydroxyl groups excluding tert-OH is 1. The molecule has 0 unspecified atom stereocenters. The number of fused-ring (bicyclic) bond motifs is 1. The van der Waals surface area contributed by atoms with Gasteiger partial charge in [-0.1, -0.05) is 50.2 Å². The van der Waals surface area contributed by atoms with Crippen molar-refractivity contribution in [2.24, 2.45) is 5.92 Å². The van der Waals surface area contributed by atoms with E-state index in [1.165, 1.54) is 27.4 Å². The topological polar surface area (TPSA) is 155 Å². The van der Waals surface area contributed by atoms with E-state index in [2.05, 4.69) is 5.32 Å². The predicted octanol–water partition coefficient (Wildman–Crippen LogP) is 3.66. The molecule has 3 amide bonds. The fourth-order valence-corrected chi connectivity index (χ4v) is 7.32. The summed E-state index contributed by atoms with van der Waals surface area (Å²) in [4.78, 5) is 42.4. The van der Waals surface area contributed by atoms with Crippen molar-refractivity contribution in [3.05, 3.63) is 83.9 Å². The molecule has 5 rings (SSSR count). The molecule has 1 saturated heterocycles. The van der Waals surface area contributed by atoms with Gasteiger partial charge in [-0.15, -0.1) is 0 Å². The zero-order valence-electron chi connectivity index (χ0n) is 28.8. The zero-order valence-corrected chi connectivity index (χ0v) is 29.6. The number of hydrogen-bond donors (Lipinski definition) is 2. The van der Waals surface area contributed by atoms with E-state index in [-0.39, 0.29) is 55.6 Å². The third-order valence-electron chi connectivity index (χ3n) is 8.64. The van der Waals surface area contributed by atoms with Crippen LogP contribution in [0.15, 0.2) is 77.7 Å². The SMILES string of the molecule is CC(C)CN(C[C@@H](O)[C@H](Cc1ccccc1)NC(=O)[C@@H]1CN(c2cccc(C(=O)N(C)C(C)C)c2)C(=O)O1)S(=O)(=O)c1ccc2c(c1)OCO2. The molecule has 13 nitrogen and oxygen atoms in total. The molecule has 3 aromatic rings.